The van der Waals surface area contributed by atoms with Gasteiger partial charge < -0.3 is 10.4 Å². The predicted octanol–water partition coefficient (Wildman–Crippen LogP) is 3.05. The van der Waals surface area contributed by atoms with Crippen LogP contribution in [0.15, 0.2) is 42.5 Å². The highest BCUT2D eigenvalue weighted by atomic mass is 16.3. The summed E-state index contributed by atoms with van der Waals surface area (Å²) in [6.45, 7) is 2.38. The van der Waals surface area contributed by atoms with E-state index < -0.39 is 0 Å². The lowest BCUT2D eigenvalue weighted by Crippen LogP contribution is -2.15. The molecule has 0 bridgehead atoms. The molecular formula is C16H17NO. The Labute approximate surface area is 107 Å². The van der Waals surface area contributed by atoms with Gasteiger partial charge in [0.1, 0.15) is 0 Å². The molecule has 18 heavy (non-hydrogen) atoms. The van der Waals surface area contributed by atoms with Crippen molar-refractivity contribution in [2.24, 2.45) is 0 Å². The Morgan fingerprint density at radius 3 is 2.72 bits per heavy atom. The van der Waals surface area contributed by atoms with E-state index in [9.17, 15) is 5.11 Å². The summed E-state index contributed by atoms with van der Waals surface area (Å²) >= 11 is 0. The number of anilines is 1. The van der Waals surface area contributed by atoms with Gasteiger partial charge in [0.2, 0.25) is 0 Å². The molecule has 2 nitrogen and oxygen atoms in total. The zero-order valence-corrected chi connectivity index (χ0v) is 10.5. The first-order chi connectivity index (χ1) is 8.74. The Hall–Kier alpha value is -1.80. The Kier molecular flexibility index (Phi) is 2.80. The van der Waals surface area contributed by atoms with E-state index >= 15 is 0 Å². The molecule has 2 aromatic carbocycles. The van der Waals surface area contributed by atoms with Crippen LogP contribution in [0.5, 0.6) is 0 Å². The first-order valence-electron chi connectivity index (χ1n) is 6.37. The summed E-state index contributed by atoms with van der Waals surface area (Å²) in [5.74, 6) is 0. The van der Waals surface area contributed by atoms with Gasteiger partial charge in [-0.3, -0.25) is 0 Å². The van der Waals surface area contributed by atoms with Gasteiger partial charge in [-0.1, -0.05) is 30.3 Å². The first-order valence-corrected chi connectivity index (χ1v) is 6.37. The van der Waals surface area contributed by atoms with Gasteiger partial charge in [-0.05, 0) is 47.7 Å². The molecule has 0 amide bonds. The van der Waals surface area contributed by atoms with Crippen molar-refractivity contribution in [3.63, 3.8) is 0 Å². The lowest BCUT2D eigenvalue weighted by molar-refractivity contribution is 0.208. The molecule has 1 unspecified atom stereocenters. The van der Waals surface area contributed by atoms with Gasteiger partial charge in [0.25, 0.3) is 0 Å². The summed E-state index contributed by atoms with van der Waals surface area (Å²) in [7, 11) is 0. The van der Waals surface area contributed by atoms with Crippen LogP contribution >= 0.6 is 0 Å². The van der Waals surface area contributed by atoms with Gasteiger partial charge >= 0.3 is 0 Å². The van der Waals surface area contributed by atoms with Crippen molar-refractivity contribution in [1.29, 1.82) is 0 Å². The standard InChI is InChI=1S/C16H17NO/c1-11(18)10-17-14-6-7-16-13(9-14)8-12-4-2-3-5-15(12)16/h2-7,9,11,17-18H,8,10H2,1H3. The van der Waals surface area contributed by atoms with Crippen LogP contribution in [0.4, 0.5) is 5.69 Å². The predicted molar refractivity (Wildman–Crippen MR) is 74.9 cm³/mol. The van der Waals surface area contributed by atoms with Gasteiger partial charge in [-0.2, -0.15) is 0 Å². The third-order valence-corrected chi connectivity index (χ3v) is 3.40. The molecular weight excluding hydrogens is 222 g/mol. The summed E-state index contributed by atoms with van der Waals surface area (Å²) in [4.78, 5) is 0. The number of rotatable bonds is 3. The van der Waals surface area contributed by atoms with Crippen LogP contribution in [-0.4, -0.2) is 17.8 Å². The minimum atomic E-state index is -0.324. The van der Waals surface area contributed by atoms with Gasteiger partial charge in [-0.15, -0.1) is 0 Å². The van der Waals surface area contributed by atoms with E-state index in [0.717, 1.165) is 12.1 Å². The number of aliphatic hydroxyl groups is 1. The Balaban J connectivity index is 1.89. The maximum Gasteiger partial charge on any atom is 0.0684 e. The van der Waals surface area contributed by atoms with E-state index in [2.05, 4.69) is 47.8 Å². The van der Waals surface area contributed by atoms with Gasteiger partial charge in [-0.25, -0.2) is 0 Å². The van der Waals surface area contributed by atoms with E-state index in [-0.39, 0.29) is 6.10 Å². The van der Waals surface area contributed by atoms with Crippen molar-refractivity contribution < 1.29 is 5.11 Å². The lowest BCUT2D eigenvalue weighted by atomic mass is 10.1. The molecule has 0 saturated heterocycles. The van der Waals surface area contributed by atoms with E-state index in [0.29, 0.717) is 6.54 Å². The van der Waals surface area contributed by atoms with E-state index in [1.54, 1.807) is 6.92 Å². The molecule has 0 spiro atoms. The van der Waals surface area contributed by atoms with Crippen molar-refractivity contribution in [2.45, 2.75) is 19.4 Å². The summed E-state index contributed by atoms with van der Waals surface area (Å²) in [6.07, 6.45) is 0.686. The maximum absolute atomic E-state index is 9.29. The summed E-state index contributed by atoms with van der Waals surface area (Å²) in [6, 6.07) is 15.0. The van der Waals surface area contributed by atoms with Crippen LogP contribution in [0.3, 0.4) is 0 Å². The average Bonchev–Trinajstić information content (AvgIpc) is 2.73. The number of aliphatic hydroxyl groups excluding tert-OH is 1. The summed E-state index contributed by atoms with van der Waals surface area (Å²) in [5.41, 5.74) is 6.55. The average molecular weight is 239 g/mol. The Morgan fingerprint density at radius 1 is 1.11 bits per heavy atom. The smallest absolute Gasteiger partial charge is 0.0684 e. The monoisotopic (exact) mass is 239 g/mol. The highest BCUT2D eigenvalue weighted by Gasteiger charge is 2.17. The molecule has 2 heteroatoms. The second kappa shape index (κ2) is 4.46. The van der Waals surface area contributed by atoms with Crippen LogP contribution in [0.1, 0.15) is 18.1 Å². The fraction of sp³-hybridized carbons (Fsp3) is 0.250. The highest BCUT2D eigenvalue weighted by molar-refractivity contribution is 5.78. The molecule has 92 valence electrons. The molecule has 0 heterocycles. The minimum absolute atomic E-state index is 0.324. The van der Waals surface area contributed by atoms with Crippen LogP contribution < -0.4 is 5.32 Å². The quantitative estimate of drug-likeness (QED) is 0.736. The fourth-order valence-corrected chi connectivity index (χ4v) is 2.52. The molecule has 2 N–H and O–H groups in total. The molecule has 3 rings (SSSR count). The molecule has 0 radical (unpaired) electrons. The third-order valence-electron chi connectivity index (χ3n) is 3.40. The number of nitrogens with one attached hydrogen (secondary N) is 1. The van der Waals surface area contributed by atoms with Crippen LogP contribution in [-0.2, 0) is 6.42 Å². The SMILES string of the molecule is CC(O)CNc1ccc2c(c1)Cc1ccccc1-2. The number of benzene rings is 2. The van der Waals surface area contributed by atoms with Gasteiger partial charge in [0, 0.05) is 12.2 Å². The molecule has 1 aliphatic carbocycles. The zero-order chi connectivity index (χ0) is 12.5. The van der Waals surface area contributed by atoms with Crippen molar-refractivity contribution >= 4 is 5.69 Å². The maximum atomic E-state index is 9.29. The number of hydrogen-bond donors (Lipinski definition) is 2. The molecule has 0 fully saturated rings. The fourth-order valence-electron chi connectivity index (χ4n) is 2.52. The molecule has 1 atom stereocenters. The van der Waals surface area contributed by atoms with Crippen molar-refractivity contribution in [1.82, 2.24) is 0 Å². The highest BCUT2D eigenvalue weighted by Crippen LogP contribution is 2.37. The Morgan fingerprint density at radius 2 is 1.89 bits per heavy atom. The first kappa shape index (κ1) is 11.3. The van der Waals surface area contributed by atoms with Crippen LogP contribution in [0.25, 0.3) is 11.1 Å². The summed E-state index contributed by atoms with van der Waals surface area (Å²) in [5, 5.41) is 12.5. The Bertz CT molecular complexity index is 575. The van der Waals surface area contributed by atoms with Gasteiger partial charge in [0.15, 0.2) is 0 Å². The van der Waals surface area contributed by atoms with Crippen LogP contribution in [0.2, 0.25) is 0 Å². The zero-order valence-electron chi connectivity index (χ0n) is 10.5. The topological polar surface area (TPSA) is 32.3 Å². The van der Waals surface area contributed by atoms with Crippen molar-refractivity contribution in [3.8, 4) is 11.1 Å². The molecule has 2 aromatic rings. The second-order valence-corrected chi connectivity index (χ2v) is 4.94. The normalized spacial score (nSPS) is 13.9. The van der Waals surface area contributed by atoms with E-state index in [1.807, 2.05) is 0 Å². The molecule has 1 aliphatic rings. The number of hydrogen-bond acceptors (Lipinski definition) is 2. The van der Waals surface area contributed by atoms with E-state index in [4.69, 9.17) is 0 Å². The minimum Gasteiger partial charge on any atom is -0.392 e. The van der Waals surface area contributed by atoms with Gasteiger partial charge in [0.05, 0.1) is 6.10 Å². The molecule has 0 aromatic heterocycles. The third kappa shape index (κ3) is 2.00. The largest absolute Gasteiger partial charge is 0.392 e. The van der Waals surface area contributed by atoms with Crippen LogP contribution in [0, 0.1) is 0 Å². The number of fused-ring (bicyclic) bond motifs is 3. The molecule has 0 aliphatic heterocycles. The van der Waals surface area contributed by atoms with E-state index in [1.165, 1.54) is 22.3 Å². The summed E-state index contributed by atoms with van der Waals surface area (Å²) < 4.78 is 0. The lowest BCUT2D eigenvalue weighted by Gasteiger charge is -2.10. The molecule has 0 saturated carbocycles. The van der Waals surface area contributed by atoms with Crippen molar-refractivity contribution in [2.75, 3.05) is 11.9 Å². The van der Waals surface area contributed by atoms with Crippen molar-refractivity contribution in [3.05, 3.63) is 53.6 Å². The second-order valence-electron chi connectivity index (χ2n) is 4.94.